The quantitative estimate of drug-likeness (QED) is 0.608. The first-order valence-electron chi connectivity index (χ1n) is 5.65. The number of hydrogen-bond acceptors (Lipinski definition) is 4. The molecule has 1 saturated heterocycles. The van der Waals surface area contributed by atoms with Crippen LogP contribution in [0.3, 0.4) is 0 Å². The van der Waals surface area contributed by atoms with Crippen LogP contribution >= 0.6 is 0 Å². The highest BCUT2D eigenvalue weighted by molar-refractivity contribution is 6.74. The molecule has 0 aromatic rings. The zero-order valence-corrected chi connectivity index (χ0v) is 11.7. The molecule has 0 aliphatic carbocycles. The molecule has 4 nitrogen and oxygen atoms in total. The van der Waals surface area contributed by atoms with Gasteiger partial charge in [-0.1, -0.05) is 20.8 Å². The standard InChI is InChI=1S/C11H22O4Si/c1-11(2,3)16(4,5)15-8-6-10(13)14-9(8)7-12/h8-9,12H,6-7H2,1-5H3/t8-,9+/m1/s1. The zero-order valence-electron chi connectivity index (χ0n) is 10.7. The molecule has 0 unspecified atom stereocenters. The van der Waals surface area contributed by atoms with Crippen LogP contribution < -0.4 is 0 Å². The summed E-state index contributed by atoms with van der Waals surface area (Å²) in [5, 5.41) is 9.21. The van der Waals surface area contributed by atoms with Crippen LogP contribution in [-0.4, -0.2) is 38.2 Å². The highest BCUT2D eigenvalue weighted by Crippen LogP contribution is 2.38. The molecule has 0 bridgehead atoms. The molecule has 16 heavy (non-hydrogen) atoms. The van der Waals surface area contributed by atoms with Crippen LogP contribution in [0.4, 0.5) is 0 Å². The van der Waals surface area contributed by atoms with Crippen LogP contribution in [0.15, 0.2) is 0 Å². The van der Waals surface area contributed by atoms with E-state index < -0.39 is 14.4 Å². The van der Waals surface area contributed by atoms with Gasteiger partial charge in [-0.2, -0.15) is 0 Å². The minimum Gasteiger partial charge on any atom is -0.457 e. The van der Waals surface area contributed by atoms with Crippen LogP contribution in [0.25, 0.3) is 0 Å². The fourth-order valence-corrected chi connectivity index (χ4v) is 2.76. The number of ether oxygens (including phenoxy) is 1. The summed E-state index contributed by atoms with van der Waals surface area (Å²) in [6, 6.07) is 0. The van der Waals surface area contributed by atoms with Gasteiger partial charge >= 0.3 is 5.97 Å². The van der Waals surface area contributed by atoms with E-state index in [0.29, 0.717) is 0 Å². The molecule has 1 aliphatic rings. The maximum Gasteiger partial charge on any atom is 0.308 e. The van der Waals surface area contributed by atoms with Crippen LogP contribution in [0.2, 0.25) is 18.1 Å². The molecule has 1 N–H and O–H groups in total. The molecule has 1 heterocycles. The Morgan fingerprint density at radius 1 is 1.50 bits per heavy atom. The average Bonchev–Trinajstić information content (AvgIpc) is 2.43. The lowest BCUT2D eigenvalue weighted by Gasteiger charge is -2.38. The Hall–Kier alpha value is -0.393. The summed E-state index contributed by atoms with van der Waals surface area (Å²) in [5.74, 6) is -0.275. The lowest BCUT2D eigenvalue weighted by molar-refractivity contribution is -0.143. The molecule has 0 saturated carbocycles. The van der Waals surface area contributed by atoms with Crippen molar-refractivity contribution < 1.29 is 19.1 Å². The van der Waals surface area contributed by atoms with Crippen LogP contribution in [-0.2, 0) is 14.0 Å². The Kier molecular flexibility index (Phi) is 3.82. The normalized spacial score (nSPS) is 27.0. The Morgan fingerprint density at radius 3 is 2.50 bits per heavy atom. The number of aliphatic hydroxyl groups excluding tert-OH is 1. The van der Waals surface area contributed by atoms with Crippen LogP contribution in [0, 0.1) is 0 Å². The smallest absolute Gasteiger partial charge is 0.308 e. The van der Waals surface area contributed by atoms with Crippen molar-refractivity contribution in [2.75, 3.05) is 6.61 Å². The summed E-state index contributed by atoms with van der Waals surface area (Å²) < 4.78 is 11.1. The first kappa shape index (κ1) is 13.7. The van der Waals surface area contributed by atoms with Gasteiger partial charge in [0.1, 0.15) is 0 Å². The fraction of sp³-hybridized carbons (Fsp3) is 0.909. The fourth-order valence-electron chi connectivity index (χ4n) is 1.42. The molecule has 0 amide bonds. The third-order valence-electron chi connectivity index (χ3n) is 3.50. The van der Waals surface area contributed by atoms with E-state index in [0.717, 1.165) is 0 Å². The van der Waals surface area contributed by atoms with Gasteiger partial charge in [0.2, 0.25) is 0 Å². The number of carbonyl (C=O) groups excluding carboxylic acids is 1. The topological polar surface area (TPSA) is 55.8 Å². The molecule has 1 rings (SSSR count). The van der Waals surface area contributed by atoms with E-state index in [9.17, 15) is 4.79 Å². The Balaban J connectivity index is 2.70. The Morgan fingerprint density at radius 2 is 2.06 bits per heavy atom. The summed E-state index contributed by atoms with van der Waals surface area (Å²) in [6.07, 6.45) is -0.502. The number of rotatable bonds is 3. The van der Waals surface area contributed by atoms with E-state index in [4.69, 9.17) is 14.3 Å². The molecular formula is C11H22O4Si. The van der Waals surface area contributed by atoms with Crippen molar-refractivity contribution in [3.63, 3.8) is 0 Å². The second-order valence-electron chi connectivity index (χ2n) is 5.83. The van der Waals surface area contributed by atoms with E-state index in [1.165, 1.54) is 0 Å². The van der Waals surface area contributed by atoms with E-state index in [2.05, 4.69) is 33.9 Å². The number of hydrogen-bond donors (Lipinski definition) is 1. The maximum absolute atomic E-state index is 11.2. The summed E-state index contributed by atoms with van der Waals surface area (Å²) in [5.41, 5.74) is 0. The van der Waals surface area contributed by atoms with Gasteiger partial charge in [0, 0.05) is 0 Å². The van der Waals surface area contributed by atoms with E-state index in [1.54, 1.807) is 0 Å². The van der Waals surface area contributed by atoms with Gasteiger partial charge < -0.3 is 14.3 Å². The van der Waals surface area contributed by atoms with Crippen molar-refractivity contribution in [3.05, 3.63) is 0 Å². The monoisotopic (exact) mass is 246 g/mol. The predicted molar refractivity (Wildman–Crippen MR) is 63.7 cm³/mol. The highest BCUT2D eigenvalue weighted by Gasteiger charge is 2.44. The number of aliphatic hydroxyl groups is 1. The number of cyclic esters (lactones) is 1. The summed E-state index contributed by atoms with van der Waals surface area (Å²) in [6.45, 7) is 10.5. The van der Waals surface area contributed by atoms with Gasteiger partial charge in [-0.25, -0.2) is 0 Å². The van der Waals surface area contributed by atoms with Gasteiger partial charge in [0.25, 0.3) is 0 Å². The molecule has 0 spiro atoms. The third kappa shape index (κ3) is 2.84. The van der Waals surface area contributed by atoms with Gasteiger partial charge in [0.05, 0.1) is 19.1 Å². The van der Waals surface area contributed by atoms with Crippen molar-refractivity contribution in [1.29, 1.82) is 0 Å². The zero-order chi connectivity index (χ0) is 12.6. The molecule has 1 fully saturated rings. The third-order valence-corrected chi connectivity index (χ3v) is 8.00. The number of esters is 1. The molecule has 0 radical (unpaired) electrons. The van der Waals surface area contributed by atoms with Crippen molar-refractivity contribution in [3.8, 4) is 0 Å². The van der Waals surface area contributed by atoms with Gasteiger partial charge in [0.15, 0.2) is 14.4 Å². The molecule has 1 aliphatic heterocycles. The first-order valence-corrected chi connectivity index (χ1v) is 8.56. The number of carbonyl (C=O) groups is 1. The minimum atomic E-state index is -1.90. The molecule has 94 valence electrons. The SMILES string of the molecule is CC(C)(C)[Si](C)(C)O[C@@H]1CC(=O)O[C@H]1CO. The van der Waals surface area contributed by atoms with Crippen molar-refractivity contribution in [2.45, 2.75) is 57.5 Å². The lowest BCUT2D eigenvalue weighted by Crippen LogP contribution is -2.46. The van der Waals surface area contributed by atoms with E-state index >= 15 is 0 Å². The summed E-state index contributed by atoms with van der Waals surface area (Å²) >= 11 is 0. The maximum atomic E-state index is 11.2. The van der Waals surface area contributed by atoms with Crippen molar-refractivity contribution >= 4 is 14.3 Å². The minimum absolute atomic E-state index is 0.0959. The summed E-state index contributed by atoms with van der Waals surface area (Å²) in [4.78, 5) is 11.2. The molecule has 5 heteroatoms. The van der Waals surface area contributed by atoms with Gasteiger partial charge in [-0.15, -0.1) is 0 Å². The molecular weight excluding hydrogens is 224 g/mol. The largest absolute Gasteiger partial charge is 0.457 e. The Bertz CT molecular complexity index is 270. The van der Waals surface area contributed by atoms with E-state index in [1.807, 2.05) is 0 Å². The highest BCUT2D eigenvalue weighted by atomic mass is 28.4. The molecule has 0 aromatic heterocycles. The average molecular weight is 246 g/mol. The second kappa shape index (κ2) is 4.47. The first-order chi connectivity index (χ1) is 7.17. The van der Waals surface area contributed by atoms with E-state index in [-0.39, 0.29) is 30.1 Å². The van der Waals surface area contributed by atoms with Gasteiger partial charge in [-0.05, 0) is 18.1 Å². The van der Waals surface area contributed by atoms with Crippen LogP contribution in [0.5, 0.6) is 0 Å². The molecule has 0 aromatic carbocycles. The van der Waals surface area contributed by atoms with Gasteiger partial charge in [-0.3, -0.25) is 4.79 Å². The van der Waals surface area contributed by atoms with Crippen molar-refractivity contribution in [2.24, 2.45) is 0 Å². The lowest BCUT2D eigenvalue weighted by atomic mass is 10.2. The predicted octanol–water partition coefficient (Wildman–Crippen LogP) is 1.68. The summed E-state index contributed by atoms with van der Waals surface area (Å²) in [7, 11) is -1.90. The van der Waals surface area contributed by atoms with Crippen LogP contribution in [0.1, 0.15) is 27.2 Å². The van der Waals surface area contributed by atoms with Crippen molar-refractivity contribution in [1.82, 2.24) is 0 Å². The Labute approximate surface area is 98.1 Å². The second-order valence-corrected chi connectivity index (χ2v) is 10.6. The molecule has 2 atom stereocenters.